The van der Waals surface area contributed by atoms with Crippen molar-refractivity contribution in [3.63, 3.8) is 0 Å². The number of hydrogen-bond acceptors (Lipinski definition) is 2. The van der Waals surface area contributed by atoms with Crippen LogP contribution in [0.25, 0.3) is 0 Å². The maximum absolute atomic E-state index is 14.0. The van der Waals surface area contributed by atoms with Gasteiger partial charge in [0.05, 0.1) is 11.8 Å². The molecule has 2 aromatic carbocycles. The zero-order valence-electron chi connectivity index (χ0n) is 11.5. The fraction of sp³-hybridized carbons (Fsp3) is 0.250. The molecule has 2 rings (SSSR count). The molecule has 0 heterocycles. The molecule has 0 fully saturated rings. The Morgan fingerprint density at radius 1 is 1.15 bits per heavy atom. The SMILES string of the molecule is C[C@H](O)c1ccc(N(C)Cc2cccc(F)c2)c(F)c1. The van der Waals surface area contributed by atoms with Crippen LogP contribution in [0.2, 0.25) is 0 Å². The van der Waals surface area contributed by atoms with E-state index in [1.807, 2.05) is 0 Å². The van der Waals surface area contributed by atoms with Crippen LogP contribution in [-0.4, -0.2) is 12.2 Å². The average molecular weight is 277 g/mol. The van der Waals surface area contributed by atoms with E-state index >= 15 is 0 Å². The quantitative estimate of drug-likeness (QED) is 0.922. The summed E-state index contributed by atoms with van der Waals surface area (Å²) >= 11 is 0. The topological polar surface area (TPSA) is 23.5 Å². The molecule has 0 radical (unpaired) electrons. The van der Waals surface area contributed by atoms with Crippen LogP contribution >= 0.6 is 0 Å². The largest absolute Gasteiger partial charge is 0.389 e. The van der Waals surface area contributed by atoms with Gasteiger partial charge in [-0.2, -0.15) is 0 Å². The summed E-state index contributed by atoms with van der Waals surface area (Å²) in [6, 6.07) is 10.9. The minimum Gasteiger partial charge on any atom is -0.389 e. The van der Waals surface area contributed by atoms with Gasteiger partial charge in [-0.1, -0.05) is 18.2 Å². The van der Waals surface area contributed by atoms with E-state index in [0.29, 0.717) is 17.8 Å². The number of hydrogen-bond donors (Lipinski definition) is 1. The Morgan fingerprint density at radius 3 is 2.50 bits per heavy atom. The van der Waals surface area contributed by atoms with Crippen LogP contribution in [0, 0.1) is 11.6 Å². The molecule has 20 heavy (non-hydrogen) atoms. The highest BCUT2D eigenvalue weighted by molar-refractivity contribution is 5.49. The van der Waals surface area contributed by atoms with E-state index in [4.69, 9.17) is 0 Å². The summed E-state index contributed by atoms with van der Waals surface area (Å²) in [5.74, 6) is -0.705. The first kappa shape index (κ1) is 14.5. The van der Waals surface area contributed by atoms with Gasteiger partial charge in [-0.3, -0.25) is 0 Å². The smallest absolute Gasteiger partial charge is 0.146 e. The van der Waals surface area contributed by atoms with Gasteiger partial charge >= 0.3 is 0 Å². The predicted octanol–water partition coefficient (Wildman–Crippen LogP) is 3.65. The third kappa shape index (κ3) is 3.33. The van der Waals surface area contributed by atoms with E-state index in [1.165, 1.54) is 18.2 Å². The molecular weight excluding hydrogens is 260 g/mol. The van der Waals surface area contributed by atoms with Gasteiger partial charge in [0.1, 0.15) is 11.6 Å². The molecule has 2 nitrogen and oxygen atoms in total. The summed E-state index contributed by atoms with van der Waals surface area (Å²) in [7, 11) is 1.74. The Morgan fingerprint density at radius 2 is 1.90 bits per heavy atom. The molecule has 0 aromatic heterocycles. The van der Waals surface area contributed by atoms with E-state index in [-0.39, 0.29) is 5.82 Å². The van der Waals surface area contributed by atoms with Crippen LogP contribution in [-0.2, 0) is 6.54 Å². The molecule has 0 saturated carbocycles. The zero-order valence-corrected chi connectivity index (χ0v) is 11.5. The molecule has 1 N–H and O–H groups in total. The van der Waals surface area contributed by atoms with Gasteiger partial charge in [-0.25, -0.2) is 8.78 Å². The van der Waals surface area contributed by atoms with Crippen molar-refractivity contribution in [1.82, 2.24) is 0 Å². The van der Waals surface area contributed by atoms with Gasteiger partial charge in [-0.15, -0.1) is 0 Å². The molecule has 0 amide bonds. The molecule has 0 bridgehead atoms. The van der Waals surface area contributed by atoms with Crippen molar-refractivity contribution < 1.29 is 13.9 Å². The molecule has 2 aromatic rings. The first-order valence-corrected chi connectivity index (χ1v) is 6.40. The Labute approximate surface area is 117 Å². The number of aliphatic hydroxyl groups excluding tert-OH is 1. The summed E-state index contributed by atoms with van der Waals surface area (Å²) in [5, 5.41) is 9.42. The van der Waals surface area contributed by atoms with Crippen molar-refractivity contribution in [1.29, 1.82) is 0 Å². The van der Waals surface area contributed by atoms with Crippen molar-refractivity contribution in [3.05, 3.63) is 65.2 Å². The molecule has 0 aliphatic heterocycles. The Hall–Kier alpha value is -1.94. The van der Waals surface area contributed by atoms with Gasteiger partial charge in [0.2, 0.25) is 0 Å². The van der Waals surface area contributed by atoms with Crippen molar-refractivity contribution in [2.75, 3.05) is 11.9 Å². The molecular formula is C16H17F2NO. The Balaban J connectivity index is 2.19. The highest BCUT2D eigenvalue weighted by atomic mass is 19.1. The maximum atomic E-state index is 14.0. The predicted molar refractivity (Wildman–Crippen MR) is 75.5 cm³/mol. The molecule has 0 unspecified atom stereocenters. The van der Waals surface area contributed by atoms with Gasteiger partial charge in [-0.05, 0) is 42.3 Å². The highest BCUT2D eigenvalue weighted by Gasteiger charge is 2.11. The lowest BCUT2D eigenvalue weighted by atomic mass is 10.1. The zero-order chi connectivity index (χ0) is 14.7. The monoisotopic (exact) mass is 277 g/mol. The lowest BCUT2D eigenvalue weighted by molar-refractivity contribution is 0.199. The molecule has 106 valence electrons. The van der Waals surface area contributed by atoms with Gasteiger partial charge in [0, 0.05) is 13.6 Å². The van der Waals surface area contributed by atoms with Crippen molar-refractivity contribution >= 4 is 5.69 Å². The number of benzene rings is 2. The summed E-state index contributed by atoms with van der Waals surface area (Å²) < 4.78 is 27.1. The molecule has 0 aliphatic rings. The summed E-state index contributed by atoms with van der Waals surface area (Å²) in [6.45, 7) is 1.99. The standard InChI is InChI=1S/C16H17F2NO/c1-11(20)13-6-7-16(15(18)9-13)19(2)10-12-4-3-5-14(17)8-12/h3-9,11,20H,10H2,1-2H3/t11-/m0/s1. The van der Waals surface area contributed by atoms with E-state index in [2.05, 4.69) is 0 Å². The van der Waals surface area contributed by atoms with Crippen LogP contribution in [0.5, 0.6) is 0 Å². The number of rotatable bonds is 4. The number of aliphatic hydroxyl groups is 1. The van der Waals surface area contributed by atoms with Crippen LogP contribution in [0.3, 0.4) is 0 Å². The summed E-state index contributed by atoms with van der Waals surface area (Å²) in [4.78, 5) is 1.70. The molecule has 4 heteroatoms. The average Bonchev–Trinajstić information content (AvgIpc) is 2.38. The number of nitrogens with zero attached hydrogens (tertiary/aromatic N) is 1. The van der Waals surface area contributed by atoms with E-state index < -0.39 is 11.9 Å². The van der Waals surface area contributed by atoms with E-state index in [9.17, 15) is 13.9 Å². The van der Waals surface area contributed by atoms with Crippen LogP contribution in [0.4, 0.5) is 14.5 Å². The van der Waals surface area contributed by atoms with Crippen molar-refractivity contribution in [3.8, 4) is 0 Å². The maximum Gasteiger partial charge on any atom is 0.146 e. The fourth-order valence-electron chi connectivity index (χ4n) is 2.09. The Bertz CT molecular complexity index is 599. The summed E-state index contributed by atoms with van der Waals surface area (Å²) in [5.41, 5.74) is 1.72. The first-order valence-electron chi connectivity index (χ1n) is 6.40. The second-order valence-corrected chi connectivity index (χ2v) is 4.87. The lowest BCUT2D eigenvalue weighted by Crippen LogP contribution is -2.18. The van der Waals surface area contributed by atoms with E-state index in [1.54, 1.807) is 43.1 Å². The molecule has 0 spiro atoms. The molecule has 0 aliphatic carbocycles. The van der Waals surface area contributed by atoms with Gasteiger partial charge < -0.3 is 10.0 Å². The van der Waals surface area contributed by atoms with Gasteiger partial charge in [0.25, 0.3) is 0 Å². The fourth-order valence-corrected chi connectivity index (χ4v) is 2.09. The number of anilines is 1. The van der Waals surface area contributed by atoms with E-state index in [0.717, 1.165) is 5.56 Å². The molecule has 0 saturated heterocycles. The third-order valence-corrected chi connectivity index (χ3v) is 3.17. The third-order valence-electron chi connectivity index (χ3n) is 3.17. The van der Waals surface area contributed by atoms with Crippen LogP contribution < -0.4 is 4.90 Å². The second-order valence-electron chi connectivity index (χ2n) is 4.87. The minimum atomic E-state index is -0.702. The highest BCUT2D eigenvalue weighted by Crippen LogP contribution is 2.24. The Kier molecular flexibility index (Phi) is 4.35. The molecule has 1 atom stereocenters. The normalized spacial score (nSPS) is 12.2. The lowest BCUT2D eigenvalue weighted by Gasteiger charge is -2.21. The second kappa shape index (κ2) is 6.01. The van der Waals surface area contributed by atoms with Crippen LogP contribution in [0.1, 0.15) is 24.2 Å². The van der Waals surface area contributed by atoms with Crippen molar-refractivity contribution in [2.45, 2.75) is 19.6 Å². The minimum absolute atomic E-state index is 0.305. The first-order chi connectivity index (χ1) is 9.47. The van der Waals surface area contributed by atoms with Gasteiger partial charge in [0.15, 0.2) is 0 Å². The summed E-state index contributed by atoms with van der Waals surface area (Å²) in [6.07, 6.45) is -0.702. The van der Waals surface area contributed by atoms with Crippen molar-refractivity contribution in [2.24, 2.45) is 0 Å². The van der Waals surface area contributed by atoms with Crippen LogP contribution in [0.15, 0.2) is 42.5 Å². The number of halogens is 2.